The lowest BCUT2D eigenvalue weighted by molar-refractivity contribution is 0.529. The van der Waals surface area contributed by atoms with Gasteiger partial charge < -0.3 is 4.42 Å². The molecule has 0 amide bonds. The summed E-state index contributed by atoms with van der Waals surface area (Å²) in [5, 5.41) is 18.3. The number of aromatic nitrogens is 5. The standard InChI is InChI=1S/C10H13ClN6O/c1-3-6-7(4-2)14-16-9(12-6)13-10-17-15-8(5-11)18-10/h3-5H2,1-2H3,(H,12,13,16,17). The number of alkyl halides is 1. The van der Waals surface area contributed by atoms with Crippen LogP contribution in [0.2, 0.25) is 0 Å². The summed E-state index contributed by atoms with van der Waals surface area (Å²) in [6.45, 7) is 4.04. The van der Waals surface area contributed by atoms with Crippen molar-refractivity contribution in [3.05, 3.63) is 17.3 Å². The summed E-state index contributed by atoms with van der Waals surface area (Å²) in [6, 6.07) is 0.207. The Bertz CT molecular complexity index is 529. The molecule has 0 atom stereocenters. The monoisotopic (exact) mass is 268 g/mol. The maximum atomic E-state index is 5.56. The zero-order valence-electron chi connectivity index (χ0n) is 10.1. The molecule has 18 heavy (non-hydrogen) atoms. The van der Waals surface area contributed by atoms with Crippen molar-refractivity contribution >= 4 is 23.6 Å². The molecule has 96 valence electrons. The molecule has 0 radical (unpaired) electrons. The molecule has 0 fully saturated rings. The SMILES string of the molecule is CCc1nnc(Nc2nnc(CCl)o2)nc1CC. The number of anilines is 2. The number of halogens is 1. The fourth-order valence-electron chi connectivity index (χ4n) is 1.44. The molecule has 2 rings (SSSR count). The number of aryl methyl sites for hydroxylation is 2. The first-order valence-corrected chi connectivity index (χ1v) is 6.18. The normalized spacial score (nSPS) is 10.6. The minimum atomic E-state index is 0.169. The lowest BCUT2D eigenvalue weighted by Gasteiger charge is -2.04. The van der Waals surface area contributed by atoms with E-state index in [1.165, 1.54) is 0 Å². The van der Waals surface area contributed by atoms with Gasteiger partial charge >= 0.3 is 6.01 Å². The van der Waals surface area contributed by atoms with E-state index in [0.717, 1.165) is 24.2 Å². The van der Waals surface area contributed by atoms with Gasteiger partial charge in [-0.05, 0) is 12.8 Å². The van der Waals surface area contributed by atoms with Crippen molar-refractivity contribution in [1.29, 1.82) is 0 Å². The van der Waals surface area contributed by atoms with Gasteiger partial charge in [-0.15, -0.1) is 26.9 Å². The maximum absolute atomic E-state index is 5.56. The van der Waals surface area contributed by atoms with Crippen molar-refractivity contribution in [3.63, 3.8) is 0 Å². The molecule has 8 heteroatoms. The van der Waals surface area contributed by atoms with Crippen molar-refractivity contribution in [2.75, 3.05) is 5.32 Å². The van der Waals surface area contributed by atoms with Gasteiger partial charge in [-0.1, -0.05) is 18.9 Å². The van der Waals surface area contributed by atoms with Crippen LogP contribution in [0.1, 0.15) is 31.1 Å². The number of nitrogens with one attached hydrogen (secondary N) is 1. The van der Waals surface area contributed by atoms with E-state index in [1.54, 1.807) is 0 Å². The number of nitrogens with zero attached hydrogens (tertiary/aromatic N) is 5. The smallest absolute Gasteiger partial charge is 0.322 e. The molecule has 0 saturated heterocycles. The first kappa shape index (κ1) is 12.7. The molecule has 0 aliphatic carbocycles. The van der Waals surface area contributed by atoms with E-state index in [4.69, 9.17) is 16.0 Å². The average Bonchev–Trinajstić information content (AvgIpc) is 2.86. The molecule has 0 aromatic carbocycles. The summed E-state index contributed by atoms with van der Waals surface area (Å²) in [5.74, 6) is 0.852. The Morgan fingerprint density at radius 3 is 2.44 bits per heavy atom. The summed E-state index contributed by atoms with van der Waals surface area (Å²) in [6.07, 6.45) is 1.60. The summed E-state index contributed by atoms with van der Waals surface area (Å²) in [5.41, 5.74) is 1.81. The molecule has 7 nitrogen and oxygen atoms in total. The molecular weight excluding hydrogens is 256 g/mol. The van der Waals surface area contributed by atoms with E-state index in [2.05, 4.69) is 30.7 Å². The quantitative estimate of drug-likeness (QED) is 0.828. The van der Waals surface area contributed by atoms with Crippen LogP contribution in [0.4, 0.5) is 12.0 Å². The third-order valence-corrected chi connectivity index (χ3v) is 2.54. The van der Waals surface area contributed by atoms with E-state index in [1.807, 2.05) is 13.8 Å². The molecule has 0 aliphatic heterocycles. The summed E-state index contributed by atoms with van der Waals surface area (Å²) in [7, 11) is 0. The fraction of sp³-hybridized carbons (Fsp3) is 0.500. The van der Waals surface area contributed by atoms with Crippen LogP contribution in [0.3, 0.4) is 0 Å². The van der Waals surface area contributed by atoms with Gasteiger partial charge in [0, 0.05) is 0 Å². The molecule has 0 bridgehead atoms. The molecular formula is C10H13ClN6O. The van der Waals surface area contributed by atoms with Gasteiger partial charge in [0.25, 0.3) is 5.95 Å². The molecule has 1 N–H and O–H groups in total. The second kappa shape index (κ2) is 5.72. The second-order valence-corrected chi connectivity index (χ2v) is 3.76. The zero-order valence-corrected chi connectivity index (χ0v) is 10.9. The van der Waals surface area contributed by atoms with Gasteiger partial charge in [0.15, 0.2) is 0 Å². The van der Waals surface area contributed by atoms with Gasteiger partial charge in [0.05, 0.1) is 11.4 Å². The molecule has 0 saturated carbocycles. The Kier molecular flexibility index (Phi) is 4.03. The highest BCUT2D eigenvalue weighted by molar-refractivity contribution is 6.16. The third kappa shape index (κ3) is 2.73. The van der Waals surface area contributed by atoms with E-state index in [9.17, 15) is 0 Å². The first-order valence-electron chi connectivity index (χ1n) is 5.64. The van der Waals surface area contributed by atoms with Crippen LogP contribution in [0, 0.1) is 0 Å². The highest BCUT2D eigenvalue weighted by Crippen LogP contribution is 2.13. The van der Waals surface area contributed by atoms with Gasteiger partial charge in [0.2, 0.25) is 5.89 Å². The van der Waals surface area contributed by atoms with Gasteiger partial charge in [-0.25, -0.2) is 4.98 Å². The zero-order chi connectivity index (χ0) is 13.0. The Balaban J connectivity index is 2.18. The van der Waals surface area contributed by atoms with Gasteiger partial charge in [-0.3, -0.25) is 5.32 Å². The second-order valence-electron chi connectivity index (χ2n) is 3.50. The summed E-state index contributed by atoms with van der Waals surface area (Å²) >= 11 is 5.56. The Labute approximate surface area is 109 Å². The summed E-state index contributed by atoms with van der Waals surface area (Å²) in [4.78, 5) is 4.35. The number of hydrogen-bond donors (Lipinski definition) is 1. The van der Waals surface area contributed by atoms with Crippen LogP contribution in [0.5, 0.6) is 0 Å². The molecule has 2 aromatic heterocycles. The molecule has 2 heterocycles. The minimum Gasteiger partial charge on any atom is -0.407 e. The number of rotatable bonds is 5. The van der Waals surface area contributed by atoms with Gasteiger partial charge in [-0.2, -0.15) is 0 Å². The fourth-order valence-corrected chi connectivity index (χ4v) is 1.55. The van der Waals surface area contributed by atoms with E-state index >= 15 is 0 Å². The number of hydrogen-bond acceptors (Lipinski definition) is 7. The third-order valence-electron chi connectivity index (χ3n) is 2.31. The van der Waals surface area contributed by atoms with Crippen LogP contribution < -0.4 is 5.32 Å². The Morgan fingerprint density at radius 1 is 1.06 bits per heavy atom. The largest absolute Gasteiger partial charge is 0.407 e. The van der Waals surface area contributed by atoms with E-state index in [-0.39, 0.29) is 11.9 Å². The van der Waals surface area contributed by atoms with Crippen LogP contribution in [0.15, 0.2) is 4.42 Å². The van der Waals surface area contributed by atoms with E-state index in [0.29, 0.717) is 11.8 Å². The van der Waals surface area contributed by atoms with Crippen LogP contribution in [-0.4, -0.2) is 25.4 Å². The lowest BCUT2D eigenvalue weighted by Crippen LogP contribution is -2.06. The highest BCUT2D eigenvalue weighted by Gasteiger charge is 2.09. The Hall–Kier alpha value is -1.76. The first-order chi connectivity index (χ1) is 8.76. The lowest BCUT2D eigenvalue weighted by atomic mass is 10.2. The predicted molar refractivity (Wildman–Crippen MR) is 65.7 cm³/mol. The van der Waals surface area contributed by atoms with Crippen LogP contribution in [-0.2, 0) is 18.7 Å². The molecule has 0 spiro atoms. The van der Waals surface area contributed by atoms with Crippen molar-refractivity contribution in [2.45, 2.75) is 32.6 Å². The topological polar surface area (TPSA) is 89.6 Å². The molecule has 0 aliphatic rings. The predicted octanol–water partition coefficient (Wildman–Crippen LogP) is 1.86. The molecule has 2 aromatic rings. The minimum absolute atomic E-state index is 0.169. The highest BCUT2D eigenvalue weighted by atomic mass is 35.5. The average molecular weight is 269 g/mol. The molecule has 0 unspecified atom stereocenters. The van der Waals surface area contributed by atoms with Crippen molar-refractivity contribution in [1.82, 2.24) is 25.4 Å². The van der Waals surface area contributed by atoms with Crippen molar-refractivity contribution in [2.24, 2.45) is 0 Å². The van der Waals surface area contributed by atoms with Crippen LogP contribution >= 0.6 is 11.6 Å². The maximum Gasteiger partial charge on any atom is 0.322 e. The summed E-state index contributed by atoms with van der Waals surface area (Å²) < 4.78 is 5.19. The van der Waals surface area contributed by atoms with Gasteiger partial charge in [0.1, 0.15) is 5.88 Å². The van der Waals surface area contributed by atoms with Crippen molar-refractivity contribution < 1.29 is 4.42 Å². The Morgan fingerprint density at radius 2 is 1.83 bits per heavy atom. The van der Waals surface area contributed by atoms with E-state index < -0.39 is 0 Å². The van der Waals surface area contributed by atoms with Crippen LogP contribution in [0.25, 0.3) is 0 Å². The van der Waals surface area contributed by atoms with Crippen molar-refractivity contribution in [3.8, 4) is 0 Å².